The smallest absolute Gasteiger partial charge is 0.252 e. The Bertz CT molecular complexity index is 4160. The van der Waals surface area contributed by atoms with E-state index in [4.69, 9.17) is 17.2 Å². The molecule has 6 bridgehead atoms. The zero-order valence-electron chi connectivity index (χ0n) is 61.0. The summed E-state index contributed by atoms with van der Waals surface area (Å²) >= 11 is 0. The first-order chi connectivity index (χ1) is 49.8. The number of fused-ring (bicyclic) bond motifs is 3. The van der Waals surface area contributed by atoms with Crippen molar-refractivity contribution in [3.05, 3.63) is 158 Å². The molecule has 6 saturated carbocycles. The Kier molecular flexibility index (Phi) is 19.2. The minimum absolute atomic E-state index is 0.00364. The number of piperidine rings is 3. The molecule has 14 N–H and O–H groups in total. The largest absolute Gasteiger partial charge is 0.507 e. The minimum Gasteiger partial charge on any atom is -0.507 e. The first-order valence-corrected chi connectivity index (χ1v) is 39.1. The fourth-order valence-corrected chi connectivity index (χ4v) is 22.7. The van der Waals surface area contributed by atoms with E-state index >= 15 is 0 Å². The average Bonchev–Trinajstić information content (AvgIpc) is 0.731. The standard InChI is InChI=1S/C31H39N3O4.C30H37N3O4.C23H33N3O3/c1-33(26(35)12-9-20-5-2-3-6-20)23-13-14-31(38)25-17-22-10-11-24(29(32)37)28(36)27(22)30(31,18-23)15-16-34(25)19-21-7-4-8-21;1-18-4-2-7-21(14-18)28(36)32-22-10-11-30(37)24-15-20-8-9-23(27(31)35)26(34)25(20)29(30,16-22)12-13-33(24)17-19-5-3-6-19;1-25-16-7-8-23(29)18-11-15-5-6-17(21(24)28)20(27)19(15)22(23,12-16)9-10-26(18)13-14-3-2-4-14/h2,5-6,9-12,21,23,25,36,38H,3-4,7-8,13-19H2,1H3,(H2,32,37);2,4,7-9,14,19,22,24,34,37H,3,5-6,10-13,15-17H2,1H3,(H2,31,35)(H,32,36);5-6,14,16,18,25,27,29H,2-4,7-13H2,1H3,(H2,24,28)/b12-9+;;/t23?,25-,30-,31-;22?,24-,29-,30-;16?,18-,22-,23-/m111/s1. The predicted octanol–water partition coefficient (Wildman–Crippen LogP) is 8.19. The summed E-state index contributed by atoms with van der Waals surface area (Å²) in [5.41, 5.74) is 19.9. The maximum absolute atomic E-state index is 13.2. The number of carbonyl (C=O) groups is 5. The molecule has 20 heteroatoms. The maximum atomic E-state index is 13.2. The molecule has 4 aromatic rings. The molecule has 12 atom stereocenters. The van der Waals surface area contributed by atoms with E-state index in [-0.39, 0.29) is 82.0 Å². The Morgan fingerprint density at radius 1 is 0.558 bits per heavy atom. The number of nitrogens with zero attached hydrogens (tertiary/aromatic N) is 4. The Morgan fingerprint density at radius 2 is 0.981 bits per heavy atom. The number of nitrogens with one attached hydrogen (secondary N) is 2. The maximum Gasteiger partial charge on any atom is 0.252 e. The van der Waals surface area contributed by atoms with Gasteiger partial charge in [0.05, 0.1) is 33.5 Å². The zero-order valence-corrected chi connectivity index (χ0v) is 61.0. The molecule has 17 rings (SSSR count). The summed E-state index contributed by atoms with van der Waals surface area (Å²) in [6, 6.07) is 18.2. The Balaban J connectivity index is 0.000000127. The highest BCUT2D eigenvalue weighted by atomic mass is 16.3. The topological polar surface area (TPSA) is 322 Å². The summed E-state index contributed by atoms with van der Waals surface area (Å²) in [5, 5.41) is 78.0. The third-order valence-corrected chi connectivity index (χ3v) is 28.9. The summed E-state index contributed by atoms with van der Waals surface area (Å²) in [5.74, 6) is -0.209. The fraction of sp³-hybridized carbons (Fsp3) is 0.583. The number of aryl methyl sites for hydroxylation is 1. The SMILES string of the molecule is CN(C(=O)/C=C/C1=CCC=C1)C1CC[C@@]2(O)[C@H]3Cc4ccc(C(N)=O)c(O)c4[C@@]2(CCN3CC2CCC2)C1.CNC1CC[C@@]2(O)[C@H]3Cc4ccc(C(N)=O)c(O)c4[C@@]2(CCN3CC2CCC2)C1.Cc1cccc(C(=O)NC2CC[C@@]3(O)[C@H]4Cc5ccc(C(N)=O)c(O)c5[C@@]3(CCN4CC3CCC3)C2)c1. The van der Waals surface area contributed by atoms with Crippen LogP contribution in [0.5, 0.6) is 17.2 Å². The number of nitrogens with two attached hydrogens (primary N) is 3. The highest BCUT2D eigenvalue weighted by molar-refractivity contribution is 5.98. The van der Waals surface area contributed by atoms with Crippen molar-refractivity contribution in [3.8, 4) is 17.2 Å². The molecule has 20 nitrogen and oxygen atoms in total. The number of likely N-dealkylation sites (N-methyl/N-ethyl adjacent to an activating group) is 1. The van der Waals surface area contributed by atoms with Gasteiger partial charge in [0.25, 0.3) is 23.6 Å². The highest BCUT2D eigenvalue weighted by Gasteiger charge is 2.69. The fourth-order valence-electron chi connectivity index (χ4n) is 22.7. The molecule has 3 aliphatic heterocycles. The second-order valence-electron chi connectivity index (χ2n) is 33.9. The van der Waals surface area contributed by atoms with Crippen LogP contribution in [0.4, 0.5) is 0 Å². The summed E-state index contributed by atoms with van der Waals surface area (Å²) in [6.45, 7) is 7.61. The van der Waals surface area contributed by atoms with Gasteiger partial charge in [-0.2, -0.15) is 0 Å². The summed E-state index contributed by atoms with van der Waals surface area (Å²) in [7, 11) is 3.81. The molecule has 104 heavy (non-hydrogen) atoms. The van der Waals surface area contributed by atoms with Crippen molar-refractivity contribution in [1.29, 1.82) is 0 Å². The average molecular weight is 1420 g/mol. The molecule has 0 radical (unpaired) electrons. The molecule has 556 valence electrons. The van der Waals surface area contributed by atoms with Crippen LogP contribution in [0.1, 0.15) is 222 Å². The number of hydrogen-bond acceptors (Lipinski definition) is 15. The van der Waals surface area contributed by atoms with Gasteiger partial charge in [0.15, 0.2) is 0 Å². The lowest BCUT2D eigenvalue weighted by atomic mass is 9.48. The quantitative estimate of drug-likeness (QED) is 0.0500. The molecule has 3 heterocycles. The van der Waals surface area contributed by atoms with Crippen LogP contribution < -0.4 is 27.8 Å². The number of benzene rings is 4. The second kappa shape index (κ2) is 27.7. The number of hydrogen-bond donors (Lipinski definition) is 11. The van der Waals surface area contributed by atoms with E-state index in [1.807, 2.05) is 75.6 Å². The summed E-state index contributed by atoms with van der Waals surface area (Å²) in [6.07, 6.45) is 32.0. The van der Waals surface area contributed by atoms with Crippen LogP contribution in [0.15, 0.2) is 96.6 Å². The Labute approximate surface area is 611 Å². The first-order valence-electron chi connectivity index (χ1n) is 39.1. The molecule has 13 aliphatic rings. The molecule has 0 aromatic heterocycles. The second-order valence-corrected chi connectivity index (χ2v) is 33.9. The van der Waals surface area contributed by atoms with Crippen molar-refractivity contribution < 1.29 is 54.6 Å². The number of likely N-dealkylation sites (tertiary alicyclic amines) is 3. The van der Waals surface area contributed by atoms with E-state index in [1.165, 1.54) is 57.8 Å². The molecule has 10 aliphatic carbocycles. The van der Waals surface area contributed by atoms with Gasteiger partial charge in [0, 0.05) is 108 Å². The van der Waals surface area contributed by atoms with E-state index < -0.39 is 50.8 Å². The molecule has 0 spiro atoms. The van der Waals surface area contributed by atoms with Crippen molar-refractivity contribution in [2.24, 2.45) is 35.0 Å². The number of amides is 5. The normalized spacial score (nSPS) is 33.2. The van der Waals surface area contributed by atoms with Crippen LogP contribution in [0, 0.1) is 24.7 Å². The Morgan fingerprint density at radius 3 is 1.38 bits per heavy atom. The van der Waals surface area contributed by atoms with Crippen molar-refractivity contribution in [1.82, 2.24) is 30.2 Å². The first kappa shape index (κ1) is 72.1. The third-order valence-electron chi connectivity index (χ3n) is 28.9. The number of carbonyl (C=O) groups excluding carboxylic acids is 5. The van der Waals surface area contributed by atoms with Crippen LogP contribution in [-0.2, 0) is 40.3 Å². The zero-order chi connectivity index (χ0) is 73.0. The number of aromatic hydroxyl groups is 3. The number of allylic oxidation sites excluding steroid dienone is 5. The van der Waals surface area contributed by atoms with Gasteiger partial charge in [-0.1, -0.05) is 73.4 Å². The van der Waals surface area contributed by atoms with E-state index in [2.05, 4.69) is 37.5 Å². The number of primary amides is 3. The lowest BCUT2D eigenvalue weighted by Gasteiger charge is -2.65. The van der Waals surface area contributed by atoms with E-state index in [0.717, 1.165) is 111 Å². The van der Waals surface area contributed by atoms with Gasteiger partial charge < -0.3 is 63.4 Å². The van der Waals surface area contributed by atoms with Gasteiger partial charge in [0.2, 0.25) is 5.91 Å². The van der Waals surface area contributed by atoms with Crippen molar-refractivity contribution >= 4 is 29.5 Å². The van der Waals surface area contributed by atoms with Crippen molar-refractivity contribution in [2.75, 3.05) is 53.4 Å². The van der Waals surface area contributed by atoms with Crippen molar-refractivity contribution in [3.63, 3.8) is 0 Å². The summed E-state index contributed by atoms with van der Waals surface area (Å²) in [4.78, 5) is 71.9. The monoisotopic (exact) mass is 1420 g/mol. The number of rotatable bonds is 15. The number of phenols is 3. The van der Waals surface area contributed by atoms with E-state index in [0.29, 0.717) is 99.2 Å². The predicted molar refractivity (Wildman–Crippen MR) is 397 cm³/mol. The molecular weight excluding hydrogens is 1310 g/mol. The van der Waals surface area contributed by atoms with Gasteiger partial charge in [-0.3, -0.25) is 38.7 Å². The molecule has 3 saturated heterocycles. The van der Waals surface area contributed by atoms with Crippen LogP contribution in [-0.4, -0.2) is 186 Å². The van der Waals surface area contributed by atoms with Gasteiger partial charge in [-0.05, 0) is 251 Å². The highest BCUT2D eigenvalue weighted by Crippen LogP contribution is 2.64. The molecule has 3 unspecified atom stereocenters. The van der Waals surface area contributed by atoms with Gasteiger partial charge in [-0.25, -0.2) is 0 Å². The molecular formula is C84H109N9O11. The van der Waals surface area contributed by atoms with Crippen LogP contribution in [0.3, 0.4) is 0 Å². The van der Waals surface area contributed by atoms with Crippen LogP contribution in [0.2, 0.25) is 0 Å². The molecule has 4 aromatic carbocycles. The third kappa shape index (κ3) is 11.9. The van der Waals surface area contributed by atoms with Crippen molar-refractivity contribution in [2.45, 2.75) is 237 Å². The van der Waals surface area contributed by atoms with Gasteiger partial charge >= 0.3 is 0 Å². The summed E-state index contributed by atoms with van der Waals surface area (Å²) < 4.78 is 0. The van der Waals surface area contributed by atoms with E-state index in [9.17, 15) is 54.6 Å². The molecule has 9 fully saturated rings. The van der Waals surface area contributed by atoms with Crippen LogP contribution >= 0.6 is 0 Å². The van der Waals surface area contributed by atoms with E-state index in [1.54, 1.807) is 29.2 Å². The molecule has 5 amide bonds. The lowest BCUT2D eigenvalue weighted by Crippen LogP contribution is -2.74. The van der Waals surface area contributed by atoms with Gasteiger partial charge in [0.1, 0.15) is 17.2 Å². The van der Waals surface area contributed by atoms with Crippen LogP contribution in [0.25, 0.3) is 0 Å². The Hall–Kier alpha value is -7.43. The van der Waals surface area contributed by atoms with Gasteiger partial charge in [-0.15, -0.1) is 0 Å². The number of aliphatic hydroxyl groups is 3. The minimum atomic E-state index is -1.06. The lowest BCUT2D eigenvalue weighted by molar-refractivity contribution is -0.180.